The molecular formula is C41H35ClF2N14Na2O5S2. The Labute approximate surface area is 437 Å². The number of aromatic nitrogens is 12. The Morgan fingerprint density at radius 1 is 0.716 bits per heavy atom. The van der Waals surface area contributed by atoms with Gasteiger partial charge in [-0.1, -0.05) is 24.3 Å². The third kappa shape index (κ3) is 10.9. The van der Waals surface area contributed by atoms with E-state index < -0.39 is 23.7 Å². The van der Waals surface area contributed by atoms with E-state index >= 15 is 0 Å². The molecule has 2 aromatic carbocycles. The molecule has 8 heterocycles. The van der Waals surface area contributed by atoms with Crippen LogP contribution in [0.3, 0.4) is 0 Å². The number of aromatic amines is 2. The molecule has 0 saturated carbocycles. The van der Waals surface area contributed by atoms with Gasteiger partial charge >= 0.3 is 59.1 Å². The number of anilines is 2. The topological polar surface area (TPSA) is 251 Å². The van der Waals surface area contributed by atoms with Crippen LogP contribution in [0.1, 0.15) is 50.1 Å². The van der Waals surface area contributed by atoms with E-state index in [1.807, 2.05) is 38.5 Å². The van der Waals surface area contributed by atoms with Crippen molar-refractivity contribution in [3.63, 3.8) is 0 Å². The summed E-state index contributed by atoms with van der Waals surface area (Å²) in [4.78, 5) is 79.8. The molecule has 0 aliphatic heterocycles. The standard InChI is InChI=1S/2C20H16FN7OS.CH2O3.ClH.2Na.H/c2*1-10-7-30-20-27-15(11(2)26-18-16-17(23-8-22-16)24-9-25-18)14(19(29)28(10)20)12-4-3-5-13(21)6-12;2-1-4-3;;;;/h2*3-9,11H,1-2H3,(H2,22,23,24,25,26);1,3H;1H;;;/q;;;;2*+1;-1/p-1/t2*11-;;;;;/m00...../s1. The number of H-pyrrole nitrogens is 2. The zero-order valence-electron chi connectivity index (χ0n) is 37.3. The summed E-state index contributed by atoms with van der Waals surface area (Å²) in [5.74, 6) is 0.250. The third-order valence-electron chi connectivity index (χ3n) is 9.77. The van der Waals surface area contributed by atoms with Crippen LogP contribution < -0.4 is 86.1 Å². The van der Waals surface area contributed by atoms with Crippen molar-refractivity contribution in [2.45, 2.75) is 39.8 Å². The predicted octanol–water partition coefficient (Wildman–Crippen LogP) is 0.397. The molecule has 0 bridgehead atoms. The zero-order valence-corrected chi connectivity index (χ0v) is 42.8. The van der Waals surface area contributed by atoms with Crippen molar-refractivity contribution >= 4 is 85.4 Å². The minimum atomic E-state index is -0.416. The van der Waals surface area contributed by atoms with Crippen molar-refractivity contribution in [1.82, 2.24) is 58.6 Å². The Hall–Kier alpha value is -5.60. The Bertz CT molecular complexity index is 3240. The van der Waals surface area contributed by atoms with Crippen LogP contribution in [-0.4, -0.2) is 65.1 Å². The van der Waals surface area contributed by atoms with Crippen LogP contribution in [0, 0.1) is 25.5 Å². The molecule has 26 heteroatoms. The zero-order chi connectivity index (χ0) is 45.1. The molecule has 10 rings (SSSR count). The van der Waals surface area contributed by atoms with E-state index in [4.69, 9.17) is 20.0 Å². The van der Waals surface area contributed by atoms with Crippen LogP contribution >= 0.6 is 35.1 Å². The largest absolute Gasteiger partial charge is 1.00 e. The molecule has 0 radical (unpaired) electrons. The van der Waals surface area contributed by atoms with E-state index in [-0.39, 0.29) is 90.5 Å². The minimum absolute atomic E-state index is 0. The first-order chi connectivity index (χ1) is 31.0. The van der Waals surface area contributed by atoms with Gasteiger partial charge in [0.05, 0.1) is 47.3 Å². The molecule has 19 nitrogen and oxygen atoms in total. The van der Waals surface area contributed by atoms with Crippen LogP contribution in [0.5, 0.6) is 0 Å². The SMILES string of the molecule is Cc1csc2nc([C@H](C)Nc3ncnc4nc[nH]c34)c(-c3cccc(F)c3)c(=O)n12.Cc1csc2nc([C@H](C)Nc3ncnc4nc[nH]c34)c(-c3cccc(F)c3)c(=O)n12.Cl.O=CO[O-].[H-].[Na+].[Na+]. The maximum Gasteiger partial charge on any atom is 1.00 e. The first-order valence-electron chi connectivity index (χ1n) is 19.0. The summed E-state index contributed by atoms with van der Waals surface area (Å²) in [7, 11) is 0. The fraction of sp³-hybridized carbons (Fsp3) is 0.146. The van der Waals surface area contributed by atoms with Crippen LogP contribution in [0.15, 0.2) is 94.2 Å². The maximum atomic E-state index is 14.0. The number of hydrogen-bond donors (Lipinski definition) is 4. The number of benzene rings is 2. The Morgan fingerprint density at radius 2 is 1.12 bits per heavy atom. The summed E-state index contributed by atoms with van der Waals surface area (Å²) in [6.45, 7) is 7.27. The predicted molar refractivity (Wildman–Crippen MR) is 242 cm³/mol. The van der Waals surface area contributed by atoms with Gasteiger partial charge in [0.15, 0.2) is 32.9 Å². The number of hydrogen-bond acceptors (Lipinski definition) is 17. The minimum Gasteiger partial charge on any atom is -1.00 e. The van der Waals surface area contributed by atoms with Gasteiger partial charge in [0.2, 0.25) is 0 Å². The molecule has 0 aliphatic rings. The number of nitrogens with one attached hydrogen (secondary N) is 4. The second-order valence-electron chi connectivity index (χ2n) is 13.9. The molecule has 8 aromatic heterocycles. The second-order valence-corrected chi connectivity index (χ2v) is 15.6. The Balaban J connectivity index is 0.000000261. The number of halogens is 3. The van der Waals surface area contributed by atoms with E-state index in [0.717, 1.165) is 11.4 Å². The van der Waals surface area contributed by atoms with Crippen molar-refractivity contribution < 1.29 is 84.3 Å². The first kappa shape index (κ1) is 52.4. The number of carbonyl (C=O) groups is 1. The number of fused-ring (bicyclic) bond motifs is 4. The number of thiazole rings is 2. The average Bonchev–Trinajstić information content (AvgIpc) is 4.12. The number of rotatable bonds is 9. The van der Waals surface area contributed by atoms with E-state index in [1.54, 1.807) is 45.7 Å². The third-order valence-corrected chi connectivity index (χ3v) is 11.7. The molecular weight excluding hydrogens is 952 g/mol. The molecule has 0 aliphatic carbocycles. The quantitative estimate of drug-likeness (QED) is 0.0662. The Morgan fingerprint density at radius 3 is 1.49 bits per heavy atom. The average molecular weight is 987 g/mol. The van der Waals surface area contributed by atoms with Crippen LogP contribution in [0.2, 0.25) is 0 Å². The van der Waals surface area contributed by atoms with Gasteiger partial charge in [-0.3, -0.25) is 23.2 Å². The van der Waals surface area contributed by atoms with E-state index in [0.29, 0.717) is 77.5 Å². The molecule has 0 spiro atoms. The van der Waals surface area contributed by atoms with Gasteiger partial charge in [0.25, 0.3) is 17.6 Å². The van der Waals surface area contributed by atoms with Crippen molar-refractivity contribution in [3.8, 4) is 22.3 Å². The van der Waals surface area contributed by atoms with Crippen molar-refractivity contribution in [1.29, 1.82) is 0 Å². The van der Waals surface area contributed by atoms with Gasteiger partial charge in [0.1, 0.15) is 35.3 Å². The van der Waals surface area contributed by atoms with Crippen LogP contribution in [0.25, 0.3) is 54.5 Å². The molecule has 334 valence electrons. The number of imidazole rings is 2. The summed E-state index contributed by atoms with van der Waals surface area (Å²) < 4.78 is 31.0. The molecule has 0 amide bonds. The van der Waals surface area contributed by atoms with Gasteiger partial charge < -0.3 is 32.2 Å². The van der Waals surface area contributed by atoms with E-state index in [1.165, 1.54) is 59.6 Å². The maximum absolute atomic E-state index is 14.0. The van der Waals surface area contributed by atoms with Crippen LogP contribution in [-0.2, 0) is 9.68 Å². The number of aryl methyl sites for hydroxylation is 2. The second kappa shape index (κ2) is 22.9. The fourth-order valence-electron chi connectivity index (χ4n) is 6.95. The molecule has 0 unspecified atom stereocenters. The fourth-order valence-corrected chi connectivity index (χ4v) is 8.68. The summed E-state index contributed by atoms with van der Waals surface area (Å²) in [6.07, 6.45) is 5.91. The van der Waals surface area contributed by atoms with Gasteiger partial charge in [-0.25, -0.2) is 48.7 Å². The van der Waals surface area contributed by atoms with Gasteiger partial charge in [0, 0.05) is 22.1 Å². The first-order valence-corrected chi connectivity index (χ1v) is 20.8. The summed E-state index contributed by atoms with van der Waals surface area (Å²) in [6, 6.07) is 11.2. The molecule has 2 atom stereocenters. The normalized spacial score (nSPS) is 11.5. The number of nitrogens with zero attached hydrogens (tertiary/aromatic N) is 10. The molecule has 10 aromatic rings. The van der Waals surface area contributed by atoms with Crippen molar-refractivity contribution in [2.75, 3.05) is 10.6 Å². The summed E-state index contributed by atoms with van der Waals surface area (Å²) >= 11 is 2.77. The molecule has 0 saturated heterocycles. The van der Waals surface area contributed by atoms with Gasteiger partial charge in [-0.05, 0) is 63.1 Å². The van der Waals surface area contributed by atoms with Gasteiger partial charge in [-0.15, -0.1) is 35.1 Å². The molecule has 4 N–H and O–H groups in total. The monoisotopic (exact) mass is 986 g/mol. The van der Waals surface area contributed by atoms with E-state index in [2.05, 4.69) is 55.4 Å². The smallest absolute Gasteiger partial charge is 1.00 e. The molecule has 0 fully saturated rings. The van der Waals surface area contributed by atoms with E-state index in [9.17, 15) is 18.4 Å². The van der Waals surface area contributed by atoms with Crippen molar-refractivity contribution in [3.05, 3.63) is 140 Å². The van der Waals surface area contributed by atoms with Gasteiger partial charge in [-0.2, -0.15) is 0 Å². The summed E-state index contributed by atoms with van der Waals surface area (Å²) in [5, 5.41) is 18.8. The molecule has 67 heavy (non-hydrogen) atoms. The number of carbonyl (C=O) groups excluding carboxylic acids is 1. The summed E-state index contributed by atoms with van der Waals surface area (Å²) in [5.41, 5.74) is 6.15. The Kier molecular flexibility index (Phi) is 17.9. The van der Waals surface area contributed by atoms with Crippen LogP contribution in [0.4, 0.5) is 20.4 Å². The van der Waals surface area contributed by atoms with Crippen molar-refractivity contribution in [2.24, 2.45) is 0 Å².